The van der Waals surface area contributed by atoms with Crippen LogP contribution in [0.4, 0.5) is 0 Å². The van der Waals surface area contributed by atoms with E-state index in [-0.39, 0.29) is 4.90 Å². The number of halogens is 1. The van der Waals surface area contributed by atoms with Gasteiger partial charge in [0.15, 0.2) is 4.90 Å². The zero-order chi connectivity index (χ0) is 24.2. The van der Waals surface area contributed by atoms with Gasteiger partial charge in [0.2, 0.25) is 15.7 Å². The van der Waals surface area contributed by atoms with Crippen LogP contribution in [0.2, 0.25) is 0 Å². The molecule has 0 aliphatic rings. The second-order valence-corrected chi connectivity index (χ2v) is 10.4. The van der Waals surface area contributed by atoms with Crippen molar-refractivity contribution < 1.29 is 18.3 Å². The van der Waals surface area contributed by atoms with Gasteiger partial charge in [0.05, 0.1) is 18.0 Å². The van der Waals surface area contributed by atoms with Crippen molar-refractivity contribution in [3.05, 3.63) is 74.7 Å². The number of aryl methyl sites for hydroxylation is 1. The van der Waals surface area contributed by atoms with Crippen LogP contribution in [0.1, 0.15) is 50.5 Å². The molecule has 1 heterocycles. The van der Waals surface area contributed by atoms with E-state index in [1.807, 2.05) is 32.0 Å². The maximum Gasteiger partial charge on any atom is 0.296 e. The normalized spacial score (nSPS) is 12.5. The van der Waals surface area contributed by atoms with Crippen molar-refractivity contribution in [1.29, 1.82) is 0 Å². The van der Waals surface area contributed by atoms with E-state index in [0.29, 0.717) is 28.9 Å². The number of hydrogen-bond donors (Lipinski definition) is 1. The van der Waals surface area contributed by atoms with Gasteiger partial charge in [-0.15, -0.1) is 0 Å². The standard InChI is InChI=1S/C24H27BrN2O5S/c1-4-6-10-21-26-23(28)22(33(30,31)19-13-11-17(25)12-14-19)24(29)27(21)20(5-2)16-8-7-9-18(15-16)32-3/h7-9,11-15,20,29H,4-6,10H2,1-3H3/t20-/m0/s1. The molecular weight excluding hydrogens is 508 g/mol. The highest BCUT2D eigenvalue weighted by atomic mass is 79.9. The van der Waals surface area contributed by atoms with Gasteiger partial charge in [0.25, 0.3) is 5.56 Å². The van der Waals surface area contributed by atoms with E-state index in [0.717, 1.165) is 18.4 Å². The van der Waals surface area contributed by atoms with Gasteiger partial charge in [-0.3, -0.25) is 9.36 Å². The van der Waals surface area contributed by atoms with Gasteiger partial charge in [-0.2, -0.15) is 4.98 Å². The molecule has 0 aliphatic heterocycles. The first-order valence-electron chi connectivity index (χ1n) is 10.7. The fourth-order valence-electron chi connectivity index (χ4n) is 3.77. The van der Waals surface area contributed by atoms with Crippen molar-refractivity contribution in [1.82, 2.24) is 9.55 Å². The summed E-state index contributed by atoms with van der Waals surface area (Å²) in [4.78, 5) is 16.3. The van der Waals surface area contributed by atoms with E-state index in [4.69, 9.17) is 4.74 Å². The predicted octanol–water partition coefficient (Wildman–Crippen LogP) is 4.89. The molecule has 7 nitrogen and oxygen atoms in total. The Bertz CT molecular complexity index is 1290. The van der Waals surface area contributed by atoms with Gasteiger partial charge in [-0.25, -0.2) is 8.42 Å². The summed E-state index contributed by atoms with van der Waals surface area (Å²) in [5.41, 5.74) is -0.152. The average Bonchev–Trinajstić information content (AvgIpc) is 2.80. The zero-order valence-electron chi connectivity index (χ0n) is 18.8. The summed E-state index contributed by atoms with van der Waals surface area (Å²) in [7, 11) is -2.74. The maximum absolute atomic E-state index is 13.4. The van der Waals surface area contributed by atoms with Crippen molar-refractivity contribution >= 4 is 25.8 Å². The van der Waals surface area contributed by atoms with Gasteiger partial charge in [-0.1, -0.05) is 48.3 Å². The first-order valence-corrected chi connectivity index (χ1v) is 13.0. The highest BCUT2D eigenvalue weighted by Gasteiger charge is 2.31. The number of unbranched alkanes of at least 4 members (excludes halogenated alkanes) is 1. The van der Waals surface area contributed by atoms with E-state index in [1.54, 1.807) is 25.3 Å². The van der Waals surface area contributed by atoms with Gasteiger partial charge < -0.3 is 9.84 Å². The molecule has 1 N–H and O–H groups in total. The van der Waals surface area contributed by atoms with Crippen LogP contribution in [0.25, 0.3) is 0 Å². The van der Waals surface area contributed by atoms with Gasteiger partial charge in [0, 0.05) is 10.9 Å². The number of aromatic hydroxyl groups is 1. The second kappa shape index (κ2) is 10.5. The zero-order valence-corrected chi connectivity index (χ0v) is 21.2. The molecule has 1 atom stereocenters. The summed E-state index contributed by atoms with van der Waals surface area (Å²) in [5.74, 6) is 0.389. The Kier molecular flexibility index (Phi) is 7.97. The third-order valence-corrected chi connectivity index (χ3v) is 7.77. The monoisotopic (exact) mass is 534 g/mol. The van der Waals surface area contributed by atoms with Crippen molar-refractivity contribution in [2.75, 3.05) is 7.11 Å². The van der Waals surface area contributed by atoms with E-state index in [1.165, 1.54) is 16.7 Å². The van der Waals surface area contributed by atoms with Crippen molar-refractivity contribution in [2.45, 2.75) is 55.4 Å². The fraction of sp³-hybridized carbons (Fsp3) is 0.333. The number of benzene rings is 2. The van der Waals surface area contributed by atoms with Crippen LogP contribution in [-0.2, 0) is 16.3 Å². The number of nitrogens with zero attached hydrogens (tertiary/aromatic N) is 2. The molecule has 176 valence electrons. The minimum atomic E-state index is -4.30. The SMILES string of the molecule is CCCCc1nc(=O)c(S(=O)(=O)c2ccc(Br)cc2)c(O)n1[C@@H](CC)c1cccc(OC)c1. The number of sulfone groups is 1. The molecule has 0 radical (unpaired) electrons. The molecule has 1 aromatic heterocycles. The van der Waals surface area contributed by atoms with Crippen LogP contribution in [0.15, 0.2) is 67.6 Å². The Hall–Kier alpha value is -2.65. The van der Waals surface area contributed by atoms with Crippen molar-refractivity contribution in [3.63, 3.8) is 0 Å². The number of hydrogen-bond acceptors (Lipinski definition) is 6. The Balaban J connectivity index is 2.29. The molecule has 0 amide bonds. The molecular formula is C24H27BrN2O5S. The Morgan fingerprint density at radius 2 is 1.85 bits per heavy atom. The van der Waals surface area contributed by atoms with Crippen molar-refractivity contribution in [3.8, 4) is 11.6 Å². The molecule has 0 aliphatic carbocycles. The molecule has 33 heavy (non-hydrogen) atoms. The van der Waals surface area contributed by atoms with Crippen LogP contribution in [0.3, 0.4) is 0 Å². The number of aromatic nitrogens is 2. The van der Waals surface area contributed by atoms with E-state index < -0.39 is 32.2 Å². The molecule has 0 saturated heterocycles. The topological polar surface area (TPSA) is 98.5 Å². The molecule has 0 unspecified atom stereocenters. The lowest BCUT2D eigenvalue weighted by atomic mass is 10.0. The summed E-state index contributed by atoms with van der Waals surface area (Å²) >= 11 is 3.28. The van der Waals surface area contributed by atoms with E-state index in [2.05, 4.69) is 20.9 Å². The Morgan fingerprint density at radius 3 is 2.45 bits per heavy atom. The van der Waals surface area contributed by atoms with Crippen LogP contribution in [0, 0.1) is 0 Å². The number of methoxy groups -OCH3 is 1. The van der Waals surface area contributed by atoms with Gasteiger partial charge >= 0.3 is 0 Å². The van der Waals surface area contributed by atoms with E-state index in [9.17, 15) is 18.3 Å². The number of rotatable bonds is 9. The summed E-state index contributed by atoms with van der Waals surface area (Å²) < 4.78 is 34.2. The summed E-state index contributed by atoms with van der Waals surface area (Å²) in [5, 5.41) is 11.3. The largest absolute Gasteiger partial charge is 0.497 e. The quantitative estimate of drug-likeness (QED) is 0.419. The Morgan fingerprint density at radius 1 is 1.15 bits per heavy atom. The minimum absolute atomic E-state index is 0.0952. The average molecular weight is 535 g/mol. The summed E-state index contributed by atoms with van der Waals surface area (Å²) in [6.45, 7) is 3.93. The third kappa shape index (κ3) is 5.14. The Labute approximate surface area is 202 Å². The van der Waals surface area contributed by atoms with E-state index >= 15 is 0 Å². The van der Waals surface area contributed by atoms with Crippen LogP contribution < -0.4 is 10.3 Å². The molecule has 3 rings (SSSR count). The van der Waals surface area contributed by atoms with Crippen LogP contribution in [-0.4, -0.2) is 30.2 Å². The highest BCUT2D eigenvalue weighted by Crippen LogP contribution is 2.34. The summed E-state index contributed by atoms with van der Waals surface area (Å²) in [6, 6.07) is 12.8. The smallest absolute Gasteiger partial charge is 0.296 e. The second-order valence-electron chi connectivity index (χ2n) is 7.62. The highest BCUT2D eigenvalue weighted by molar-refractivity contribution is 9.10. The summed E-state index contributed by atoms with van der Waals surface area (Å²) in [6.07, 6.45) is 2.55. The molecule has 0 spiro atoms. The first kappa shape index (κ1) is 25.0. The molecule has 0 saturated carbocycles. The molecule has 0 bridgehead atoms. The molecule has 3 aromatic rings. The lowest BCUT2D eigenvalue weighted by Gasteiger charge is -2.25. The first-order chi connectivity index (χ1) is 15.7. The van der Waals surface area contributed by atoms with Crippen LogP contribution in [0.5, 0.6) is 11.6 Å². The van der Waals surface area contributed by atoms with Gasteiger partial charge in [0.1, 0.15) is 11.6 Å². The predicted molar refractivity (Wildman–Crippen MR) is 130 cm³/mol. The molecule has 2 aromatic carbocycles. The minimum Gasteiger partial charge on any atom is -0.497 e. The number of ether oxygens (including phenoxy) is 1. The third-order valence-electron chi connectivity index (χ3n) is 5.46. The maximum atomic E-state index is 13.4. The fourth-order valence-corrected chi connectivity index (χ4v) is 5.38. The lowest BCUT2D eigenvalue weighted by Crippen LogP contribution is -2.27. The molecule has 0 fully saturated rings. The van der Waals surface area contributed by atoms with Gasteiger partial charge in [-0.05, 0) is 54.8 Å². The molecule has 9 heteroatoms. The van der Waals surface area contributed by atoms with Crippen LogP contribution >= 0.6 is 15.9 Å². The van der Waals surface area contributed by atoms with Crippen molar-refractivity contribution in [2.24, 2.45) is 0 Å². The lowest BCUT2D eigenvalue weighted by molar-refractivity contribution is 0.357.